The summed E-state index contributed by atoms with van der Waals surface area (Å²) >= 11 is 0. The number of carbonyl (C=O) groups excluding carboxylic acids is 1. The van der Waals surface area contributed by atoms with Crippen molar-refractivity contribution in [2.45, 2.75) is 19.9 Å². The average Bonchev–Trinajstić information content (AvgIpc) is 2.30. The van der Waals surface area contributed by atoms with Gasteiger partial charge in [0.05, 0.1) is 12.5 Å². The van der Waals surface area contributed by atoms with Crippen molar-refractivity contribution < 1.29 is 18.3 Å². The Morgan fingerprint density at radius 3 is 2.53 bits per heavy atom. The van der Waals surface area contributed by atoms with Crippen LogP contribution in [0.4, 0.5) is 8.78 Å². The van der Waals surface area contributed by atoms with Crippen molar-refractivity contribution in [1.29, 1.82) is 0 Å². The number of benzene rings is 1. The van der Waals surface area contributed by atoms with E-state index in [0.29, 0.717) is 0 Å². The Bertz CT molecular complexity index is 433. The standard InChI is InChI=1S/C12H15F2NO2/c1-12(2,11(16)17-3)10(15)8-6-7(13)4-5-9(8)14/h4-6,10H,15H2,1-3H3/t10-/m1/s1. The van der Waals surface area contributed by atoms with Crippen molar-refractivity contribution in [3.05, 3.63) is 35.4 Å². The van der Waals surface area contributed by atoms with Crippen LogP contribution in [0, 0.1) is 17.0 Å². The second-order valence-electron chi connectivity index (χ2n) is 4.36. The molecule has 1 aromatic carbocycles. The van der Waals surface area contributed by atoms with E-state index >= 15 is 0 Å². The van der Waals surface area contributed by atoms with Gasteiger partial charge in [0.15, 0.2) is 0 Å². The number of rotatable bonds is 3. The summed E-state index contributed by atoms with van der Waals surface area (Å²) in [4.78, 5) is 11.5. The Balaban J connectivity index is 3.15. The predicted molar refractivity (Wildman–Crippen MR) is 59.1 cm³/mol. The van der Waals surface area contributed by atoms with Crippen LogP contribution >= 0.6 is 0 Å². The van der Waals surface area contributed by atoms with Gasteiger partial charge < -0.3 is 10.5 Å². The van der Waals surface area contributed by atoms with Gasteiger partial charge in [0, 0.05) is 11.6 Å². The monoisotopic (exact) mass is 243 g/mol. The average molecular weight is 243 g/mol. The lowest BCUT2D eigenvalue weighted by Gasteiger charge is -2.29. The molecular formula is C12H15F2NO2. The third-order valence-corrected chi connectivity index (χ3v) is 2.78. The first-order valence-electron chi connectivity index (χ1n) is 5.09. The molecule has 3 nitrogen and oxygen atoms in total. The second kappa shape index (κ2) is 4.79. The van der Waals surface area contributed by atoms with Crippen LogP contribution in [0.3, 0.4) is 0 Å². The second-order valence-corrected chi connectivity index (χ2v) is 4.36. The lowest BCUT2D eigenvalue weighted by atomic mass is 9.81. The van der Waals surface area contributed by atoms with E-state index in [4.69, 9.17) is 5.73 Å². The molecule has 0 unspecified atom stereocenters. The van der Waals surface area contributed by atoms with E-state index in [1.807, 2.05) is 0 Å². The summed E-state index contributed by atoms with van der Waals surface area (Å²) in [6, 6.07) is 1.99. The molecule has 0 saturated carbocycles. The predicted octanol–water partition coefficient (Wildman–Crippen LogP) is 2.16. The zero-order chi connectivity index (χ0) is 13.2. The first-order chi connectivity index (χ1) is 7.80. The van der Waals surface area contributed by atoms with Crippen molar-refractivity contribution >= 4 is 5.97 Å². The van der Waals surface area contributed by atoms with Gasteiger partial charge in [0.25, 0.3) is 0 Å². The smallest absolute Gasteiger partial charge is 0.313 e. The quantitative estimate of drug-likeness (QED) is 0.828. The van der Waals surface area contributed by atoms with Crippen molar-refractivity contribution in [1.82, 2.24) is 0 Å². The van der Waals surface area contributed by atoms with Crippen LogP contribution in [0.1, 0.15) is 25.5 Å². The molecule has 2 N–H and O–H groups in total. The van der Waals surface area contributed by atoms with Gasteiger partial charge in [-0.05, 0) is 32.0 Å². The molecule has 0 amide bonds. The van der Waals surface area contributed by atoms with Gasteiger partial charge in [-0.3, -0.25) is 4.79 Å². The molecular weight excluding hydrogens is 228 g/mol. The number of esters is 1. The minimum atomic E-state index is -1.14. The van der Waals surface area contributed by atoms with E-state index in [0.717, 1.165) is 18.2 Å². The molecule has 17 heavy (non-hydrogen) atoms. The van der Waals surface area contributed by atoms with E-state index < -0.39 is 29.1 Å². The maximum Gasteiger partial charge on any atom is 0.313 e. The molecule has 0 aliphatic rings. The zero-order valence-electron chi connectivity index (χ0n) is 9.96. The highest BCUT2D eigenvalue weighted by Gasteiger charge is 2.37. The van der Waals surface area contributed by atoms with Crippen LogP contribution in [0.2, 0.25) is 0 Å². The number of hydrogen-bond donors (Lipinski definition) is 1. The molecule has 0 aliphatic heterocycles. The van der Waals surface area contributed by atoms with Crippen LogP contribution in [-0.2, 0) is 9.53 Å². The number of hydrogen-bond acceptors (Lipinski definition) is 3. The van der Waals surface area contributed by atoms with Crippen LogP contribution in [-0.4, -0.2) is 13.1 Å². The van der Waals surface area contributed by atoms with Crippen LogP contribution < -0.4 is 5.73 Å². The summed E-state index contributed by atoms with van der Waals surface area (Å²) in [7, 11) is 1.22. The van der Waals surface area contributed by atoms with Gasteiger partial charge in [-0.25, -0.2) is 8.78 Å². The fourth-order valence-electron chi connectivity index (χ4n) is 1.53. The number of ether oxygens (including phenoxy) is 1. The minimum Gasteiger partial charge on any atom is -0.469 e. The molecule has 0 aliphatic carbocycles. The molecule has 1 aromatic rings. The molecule has 1 rings (SSSR count). The first-order valence-corrected chi connectivity index (χ1v) is 5.09. The number of methoxy groups -OCH3 is 1. The summed E-state index contributed by atoms with van der Waals surface area (Å²) in [6.45, 7) is 3.04. The molecule has 0 saturated heterocycles. The minimum absolute atomic E-state index is 0.0413. The normalized spacial score (nSPS) is 13.3. The summed E-state index contributed by atoms with van der Waals surface area (Å²) in [5, 5.41) is 0. The van der Waals surface area contributed by atoms with E-state index in [1.165, 1.54) is 21.0 Å². The SMILES string of the molecule is COC(=O)C(C)(C)[C@H](N)c1cc(F)ccc1F. The number of halogens is 2. The van der Waals surface area contributed by atoms with Crippen LogP contribution in [0.25, 0.3) is 0 Å². The van der Waals surface area contributed by atoms with Crippen LogP contribution in [0.15, 0.2) is 18.2 Å². The fraction of sp³-hybridized carbons (Fsp3) is 0.417. The summed E-state index contributed by atoms with van der Waals surface area (Å²) in [6.07, 6.45) is 0. The van der Waals surface area contributed by atoms with E-state index in [9.17, 15) is 13.6 Å². The molecule has 0 spiro atoms. The fourth-order valence-corrected chi connectivity index (χ4v) is 1.53. The molecule has 0 aromatic heterocycles. The van der Waals surface area contributed by atoms with Crippen molar-refractivity contribution in [3.63, 3.8) is 0 Å². The lowest BCUT2D eigenvalue weighted by Crippen LogP contribution is -2.37. The van der Waals surface area contributed by atoms with Gasteiger partial charge in [0.1, 0.15) is 11.6 Å². The maximum atomic E-state index is 13.5. The Labute approximate surface area is 98.6 Å². The van der Waals surface area contributed by atoms with Gasteiger partial charge in [0.2, 0.25) is 0 Å². The molecule has 0 fully saturated rings. The molecule has 0 bridgehead atoms. The Morgan fingerprint density at radius 1 is 1.41 bits per heavy atom. The van der Waals surface area contributed by atoms with Crippen molar-refractivity contribution in [3.8, 4) is 0 Å². The van der Waals surface area contributed by atoms with Crippen molar-refractivity contribution in [2.24, 2.45) is 11.1 Å². The number of nitrogens with two attached hydrogens (primary N) is 1. The van der Waals surface area contributed by atoms with Gasteiger partial charge in [-0.15, -0.1) is 0 Å². The summed E-state index contributed by atoms with van der Waals surface area (Å²) < 4.78 is 31.2. The third kappa shape index (κ3) is 2.61. The molecule has 5 heteroatoms. The Kier molecular flexibility index (Phi) is 3.83. The number of carbonyl (C=O) groups is 1. The largest absolute Gasteiger partial charge is 0.469 e. The third-order valence-electron chi connectivity index (χ3n) is 2.78. The van der Waals surface area contributed by atoms with E-state index in [2.05, 4.69) is 4.74 Å². The zero-order valence-corrected chi connectivity index (χ0v) is 9.96. The molecule has 0 heterocycles. The Hall–Kier alpha value is -1.49. The highest BCUT2D eigenvalue weighted by Crippen LogP contribution is 2.33. The van der Waals surface area contributed by atoms with Crippen LogP contribution in [0.5, 0.6) is 0 Å². The van der Waals surface area contributed by atoms with Gasteiger partial charge in [-0.2, -0.15) is 0 Å². The molecule has 1 atom stereocenters. The summed E-state index contributed by atoms with van der Waals surface area (Å²) in [5.41, 5.74) is 4.63. The summed E-state index contributed by atoms with van der Waals surface area (Å²) in [5.74, 6) is -1.82. The highest BCUT2D eigenvalue weighted by molar-refractivity contribution is 5.77. The highest BCUT2D eigenvalue weighted by atomic mass is 19.1. The molecule has 0 radical (unpaired) electrons. The topological polar surface area (TPSA) is 52.3 Å². The Morgan fingerprint density at radius 2 is 2.00 bits per heavy atom. The van der Waals surface area contributed by atoms with Crippen molar-refractivity contribution in [2.75, 3.05) is 7.11 Å². The maximum absolute atomic E-state index is 13.5. The molecule has 94 valence electrons. The van der Waals surface area contributed by atoms with Gasteiger partial charge in [-0.1, -0.05) is 0 Å². The lowest BCUT2D eigenvalue weighted by molar-refractivity contribution is -0.152. The first kappa shape index (κ1) is 13.6. The van der Waals surface area contributed by atoms with E-state index in [1.54, 1.807) is 0 Å². The van der Waals surface area contributed by atoms with E-state index in [-0.39, 0.29) is 5.56 Å². The van der Waals surface area contributed by atoms with Gasteiger partial charge >= 0.3 is 5.97 Å².